The van der Waals surface area contributed by atoms with Crippen LogP contribution in [-0.2, 0) is 0 Å². The van der Waals surface area contributed by atoms with Crippen LogP contribution in [0.5, 0.6) is 5.75 Å². The molecule has 0 aliphatic rings. The van der Waals surface area contributed by atoms with Crippen molar-refractivity contribution >= 4 is 33.1 Å². The van der Waals surface area contributed by atoms with E-state index >= 15 is 0 Å². The minimum absolute atomic E-state index is 0.0896. The Morgan fingerprint density at radius 1 is 1.40 bits per heavy atom. The van der Waals surface area contributed by atoms with Gasteiger partial charge in [-0.15, -0.1) is 0 Å². The first-order chi connectivity index (χ1) is 9.60. The van der Waals surface area contributed by atoms with Crippen LogP contribution in [0.15, 0.2) is 41.0 Å². The molecule has 0 saturated heterocycles. The summed E-state index contributed by atoms with van der Waals surface area (Å²) >= 11 is 3.17. The number of nitrogens with zero attached hydrogens (tertiary/aromatic N) is 2. The molecule has 0 atom stereocenters. The largest absolute Gasteiger partial charge is 0.494 e. The zero-order valence-electron chi connectivity index (χ0n) is 10.7. The van der Waals surface area contributed by atoms with Gasteiger partial charge in [0.15, 0.2) is 0 Å². The van der Waals surface area contributed by atoms with Crippen LogP contribution in [-0.4, -0.2) is 16.5 Å². The first kappa shape index (κ1) is 14.3. The second kappa shape index (κ2) is 6.33. The molecule has 0 aliphatic heterocycles. The Labute approximate surface area is 124 Å². The predicted octanol–water partition coefficient (Wildman–Crippen LogP) is 3.89. The molecule has 1 N–H and O–H groups in total. The van der Waals surface area contributed by atoms with Crippen molar-refractivity contribution < 1.29 is 9.66 Å². The maximum atomic E-state index is 11.0. The fraction of sp³-hybridized carbons (Fsp3) is 0.154. The molecule has 7 heteroatoms. The molecular formula is C13H12BrN3O3. The number of aromatic nitrogens is 1. The van der Waals surface area contributed by atoms with Crippen molar-refractivity contribution in [3.63, 3.8) is 0 Å². The molecule has 0 bridgehead atoms. The number of pyridine rings is 1. The Morgan fingerprint density at radius 3 is 2.70 bits per heavy atom. The first-order valence-corrected chi connectivity index (χ1v) is 6.69. The maximum absolute atomic E-state index is 11.0. The molecule has 2 rings (SSSR count). The Bertz CT molecular complexity index is 617. The predicted molar refractivity (Wildman–Crippen MR) is 79.5 cm³/mol. The average Bonchev–Trinajstić information content (AvgIpc) is 2.43. The highest BCUT2D eigenvalue weighted by molar-refractivity contribution is 9.10. The lowest BCUT2D eigenvalue weighted by Crippen LogP contribution is -1.99. The standard InChI is InChI=1S/C13H12BrN3O3/c1-2-20-11-5-3-10(4-6-11)16-13-12(17(18)19)7-9(14)8-15-13/h3-8H,2H2,1H3,(H,15,16). The molecular weight excluding hydrogens is 326 g/mol. The van der Waals surface area contributed by atoms with E-state index < -0.39 is 4.92 Å². The number of hydrogen-bond donors (Lipinski definition) is 1. The number of anilines is 2. The summed E-state index contributed by atoms with van der Waals surface area (Å²) in [7, 11) is 0. The van der Waals surface area contributed by atoms with Gasteiger partial charge in [-0.25, -0.2) is 4.98 Å². The van der Waals surface area contributed by atoms with E-state index in [2.05, 4.69) is 26.2 Å². The van der Waals surface area contributed by atoms with Crippen LogP contribution in [0.1, 0.15) is 6.92 Å². The fourth-order valence-corrected chi connectivity index (χ4v) is 1.92. The fourth-order valence-electron chi connectivity index (χ4n) is 1.60. The van der Waals surface area contributed by atoms with E-state index in [0.717, 1.165) is 5.75 Å². The minimum Gasteiger partial charge on any atom is -0.494 e. The SMILES string of the molecule is CCOc1ccc(Nc2ncc(Br)cc2[N+](=O)[O-])cc1. The second-order valence-corrected chi connectivity index (χ2v) is 4.78. The molecule has 0 saturated carbocycles. The van der Waals surface area contributed by atoms with Crippen LogP contribution in [0, 0.1) is 10.1 Å². The van der Waals surface area contributed by atoms with Crippen molar-refractivity contribution in [3.05, 3.63) is 51.1 Å². The summed E-state index contributed by atoms with van der Waals surface area (Å²) in [6.07, 6.45) is 1.50. The lowest BCUT2D eigenvalue weighted by molar-refractivity contribution is -0.384. The second-order valence-electron chi connectivity index (χ2n) is 3.86. The van der Waals surface area contributed by atoms with Crippen molar-refractivity contribution in [2.45, 2.75) is 6.92 Å². The number of rotatable bonds is 5. The van der Waals surface area contributed by atoms with Crippen LogP contribution in [0.4, 0.5) is 17.2 Å². The summed E-state index contributed by atoms with van der Waals surface area (Å²) in [5.41, 5.74) is 0.611. The molecule has 1 aromatic carbocycles. The monoisotopic (exact) mass is 337 g/mol. The number of hydrogen-bond acceptors (Lipinski definition) is 5. The van der Waals surface area contributed by atoms with Crippen LogP contribution in [0.25, 0.3) is 0 Å². The summed E-state index contributed by atoms with van der Waals surface area (Å²) < 4.78 is 5.89. The number of benzene rings is 1. The van der Waals surface area contributed by atoms with Gasteiger partial charge in [0.2, 0.25) is 5.82 Å². The molecule has 0 spiro atoms. The highest BCUT2D eigenvalue weighted by atomic mass is 79.9. The van der Waals surface area contributed by atoms with Crippen molar-refractivity contribution in [1.29, 1.82) is 0 Å². The van der Waals surface area contributed by atoms with Crippen molar-refractivity contribution in [1.82, 2.24) is 4.98 Å². The topological polar surface area (TPSA) is 77.3 Å². The summed E-state index contributed by atoms with van der Waals surface area (Å²) in [6.45, 7) is 2.49. The van der Waals surface area contributed by atoms with Gasteiger partial charge in [0, 0.05) is 22.4 Å². The third kappa shape index (κ3) is 3.45. The van der Waals surface area contributed by atoms with Gasteiger partial charge < -0.3 is 10.1 Å². The third-order valence-corrected chi connectivity index (χ3v) is 2.89. The highest BCUT2D eigenvalue weighted by Gasteiger charge is 2.15. The first-order valence-electron chi connectivity index (χ1n) is 5.90. The molecule has 20 heavy (non-hydrogen) atoms. The lowest BCUT2D eigenvalue weighted by Gasteiger charge is -2.08. The van der Waals surface area contributed by atoms with Gasteiger partial charge in [-0.2, -0.15) is 0 Å². The van der Waals surface area contributed by atoms with Gasteiger partial charge in [0.25, 0.3) is 0 Å². The van der Waals surface area contributed by atoms with E-state index in [0.29, 0.717) is 16.8 Å². The Morgan fingerprint density at radius 2 is 2.10 bits per heavy atom. The lowest BCUT2D eigenvalue weighted by atomic mass is 10.3. The Hall–Kier alpha value is -2.15. The van der Waals surface area contributed by atoms with E-state index in [-0.39, 0.29) is 11.5 Å². The van der Waals surface area contributed by atoms with E-state index in [4.69, 9.17) is 4.74 Å². The summed E-state index contributed by atoms with van der Waals surface area (Å²) in [6, 6.07) is 8.54. The molecule has 0 unspecified atom stereocenters. The van der Waals surface area contributed by atoms with Crippen molar-refractivity contribution in [2.24, 2.45) is 0 Å². The molecule has 0 fully saturated rings. The molecule has 0 amide bonds. The average molecular weight is 338 g/mol. The molecule has 104 valence electrons. The van der Waals surface area contributed by atoms with Gasteiger partial charge >= 0.3 is 5.69 Å². The van der Waals surface area contributed by atoms with Gasteiger partial charge in [-0.05, 0) is 47.1 Å². The van der Waals surface area contributed by atoms with Gasteiger partial charge in [-0.1, -0.05) is 0 Å². The van der Waals surface area contributed by atoms with Gasteiger partial charge in [0.1, 0.15) is 5.75 Å². The van der Waals surface area contributed by atoms with Gasteiger partial charge in [-0.3, -0.25) is 10.1 Å². The maximum Gasteiger partial charge on any atom is 0.312 e. The van der Waals surface area contributed by atoms with Crippen LogP contribution >= 0.6 is 15.9 Å². The molecule has 0 radical (unpaired) electrons. The smallest absolute Gasteiger partial charge is 0.312 e. The highest BCUT2D eigenvalue weighted by Crippen LogP contribution is 2.28. The zero-order valence-corrected chi connectivity index (χ0v) is 12.3. The van der Waals surface area contributed by atoms with E-state index in [9.17, 15) is 10.1 Å². The Balaban J connectivity index is 2.23. The molecule has 1 heterocycles. The van der Waals surface area contributed by atoms with E-state index in [1.807, 2.05) is 6.92 Å². The van der Waals surface area contributed by atoms with Gasteiger partial charge in [0.05, 0.1) is 11.5 Å². The third-order valence-electron chi connectivity index (χ3n) is 2.46. The van der Waals surface area contributed by atoms with Crippen LogP contribution < -0.4 is 10.1 Å². The zero-order chi connectivity index (χ0) is 14.5. The Kier molecular flexibility index (Phi) is 4.52. The van der Waals surface area contributed by atoms with E-state index in [1.165, 1.54) is 12.3 Å². The van der Waals surface area contributed by atoms with Crippen molar-refractivity contribution in [2.75, 3.05) is 11.9 Å². The summed E-state index contributed by atoms with van der Waals surface area (Å²) in [4.78, 5) is 14.5. The van der Waals surface area contributed by atoms with E-state index in [1.54, 1.807) is 24.3 Å². The number of nitrogens with one attached hydrogen (secondary N) is 1. The number of nitro groups is 1. The van der Waals surface area contributed by atoms with Crippen LogP contribution in [0.3, 0.4) is 0 Å². The number of ether oxygens (including phenoxy) is 1. The molecule has 2 aromatic rings. The molecule has 6 nitrogen and oxygen atoms in total. The quantitative estimate of drug-likeness (QED) is 0.661. The summed E-state index contributed by atoms with van der Waals surface area (Å²) in [5.74, 6) is 0.943. The molecule has 1 aromatic heterocycles. The molecule has 0 aliphatic carbocycles. The van der Waals surface area contributed by atoms with Crippen molar-refractivity contribution in [3.8, 4) is 5.75 Å². The number of halogens is 1. The normalized spacial score (nSPS) is 10.1. The van der Waals surface area contributed by atoms with Crippen LogP contribution in [0.2, 0.25) is 0 Å². The summed E-state index contributed by atoms with van der Waals surface area (Å²) in [5, 5.41) is 13.9. The minimum atomic E-state index is -0.478.